The van der Waals surface area contributed by atoms with Gasteiger partial charge in [0.1, 0.15) is 0 Å². The second kappa shape index (κ2) is 12.4. The molecule has 98 valence electrons. The number of aliphatic hydroxyl groups is 1. The van der Waals surface area contributed by atoms with E-state index in [0.29, 0.717) is 13.2 Å². The van der Waals surface area contributed by atoms with E-state index >= 15 is 0 Å². The van der Waals surface area contributed by atoms with E-state index in [9.17, 15) is 4.79 Å². The summed E-state index contributed by atoms with van der Waals surface area (Å²) in [4.78, 5) is 9.82. The van der Waals surface area contributed by atoms with Gasteiger partial charge in [0, 0.05) is 14.0 Å². The fourth-order valence-electron chi connectivity index (χ4n) is 0.624. The van der Waals surface area contributed by atoms with E-state index in [4.69, 9.17) is 14.6 Å². The molecule has 0 bridgehead atoms. The second-order valence-electron chi connectivity index (χ2n) is 3.30. The zero-order valence-corrected chi connectivity index (χ0v) is 10.9. The standard InChI is InChI=1S/C7H16O3.C4H8O2/c1-6(4-8)10-5-7(2)9-3;1-3-6-4(2)5/h6-8H,4-5H2,1-3H3;3H2,1-2H3. The summed E-state index contributed by atoms with van der Waals surface area (Å²) < 4.78 is 14.5. The molecule has 0 fully saturated rings. The maximum Gasteiger partial charge on any atom is 0.302 e. The minimum atomic E-state index is -0.211. The first-order valence-electron chi connectivity index (χ1n) is 5.36. The van der Waals surface area contributed by atoms with E-state index in [1.54, 1.807) is 14.0 Å². The number of esters is 1. The molecular formula is C11H24O5. The number of carbonyl (C=O) groups excluding carboxylic acids is 1. The van der Waals surface area contributed by atoms with Crippen molar-refractivity contribution in [3.63, 3.8) is 0 Å². The molecule has 0 saturated heterocycles. The molecule has 0 saturated carbocycles. The fraction of sp³-hybridized carbons (Fsp3) is 0.909. The quantitative estimate of drug-likeness (QED) is 0.697. The van der Waals surface area contributed by atoms with Crippen LogP contribution in [0.15, 0.2) is 0 Å². The zero-order chi connectivity index (χ0) is 13.0. The molecule has 0 aromatic heterocycles. The molecule has 0 heterocycles. The average Bonchev–Trinajstić information content (AvgIpc) is 2.25. The van der Waals surface area contributed by atoms with Crippen molar-refractivity contribution < 1.29 is 24.1 Å². The van der Waals surface area contributed by atoms with Crippen LogP contribution in [0.5, 0.6) is 0 Å². The van der Waals surface area contributed by atoms with Crippen molar-refractivity contribution in [1.29, 1.82) is 0 Å². The van der Waals surface area contributed by atoms with E-state index in [1.807, 2.05) is 13.8 Å². The third-order valence-electron chi connectivity index (χ3n) is 1.62. The molecule has 0 aromatic carbocycles. The molecular weight excluding hydrogens is 212 g/mol. The topological polar surface area (TPSA) is 65.0 Å². The molecule has 5 nitrogen and oxygen atoms in total. The van der Waals surface area contributed by atoms with Gasteiger partial charge in [-0.25, -0.2) is 0 Å². The summed E-state index contributed by atoms with van der Waals surface area (Å²) in [6.45, 7) is 8.00. The van der Waals surface area contributed by atoms with Crippen LogP contribution in [0.4, 0.5) is 0 Å². The highest BCUT2D eigenvalue weighted by Gasteiger charge is 2.03. The summed E-state index contributed by atoms with van der Waals surface area (Å²) in [7, 11) is 1.64. The Bertz CT molecular complexity index is 150. The van der Waals surface area contributed by atoms with Crippen molar-refractivity contribution in [1.82, 2.24) is 0 Å². The Morgan fingerprint density at radius 2 is 1.88 bits per heavy atom. The Hall–Kier alpha value is -0.650. The lowest BCUT2D eigenvalue weighted by atomic mass is 10.4. The van der Waals surface area contributed by atoms with Gasteiger partial charge in [-0.05, 0) is 20.8 Å². The monoisotopic (exact) mass is 236 g/mol. The van der Waals surface area contributed by atoms with Crippen LogP contribution in [0.2, 0.25) is 0 Å². The first-order valence-corrected chi connectivity index (χ1v) is 5.36. The van der Waals surface area contributed by atoms with Gasteiger partial charge in [0.05, 0.1) is 32.0 Å². The first kappa shape index (κ1) is 17.7. The summed E-state index contributed by atoms with van der Waals surface area (Å²) >= 11 is 0. The number of methoxy groups -OCH3 is 1. The molecule has 0 amide bonds. The summed E-state index contributed by atoms with van der Waals surface area (Å²) in [6, 6.07) is 0. The summed E-state index contributed by atoms with van der Waals surface area (Å²) in [6.07, 6.45) is 0.0200. The van der Waals surface area contributed by atoms with Gasteiger partial charge in [0.25, 0.3) is 0 Å². The Morgan fingerprint density at radius 1 is 1.31 bits per heavy atom. The van der Waals surface area contributed by atoms with Crippen LogP contribution in [-0.4, -0.2) is 50.2 Å². The lowest BCUT2D eigenvalue weighted by Gasteiger charge is -2.13. The van der Waals surface area contributed by atoms with Crippen molar-refractivity contribution in [2.24, 2.45) is 0 Å². The van der Waals surface area contributed by atoms with Gasteiger partial charge in [0.15, 0.2) is 0 Å². The normalized spacial score (nSPS) is 13.4. The number of hydrogen-bond donors (Lipinski definition) is 1. The first-order chi connectivity index (χ1) is 7.47. The van der Waals surface area contributed by atoms with Gasteiger partial charge in [-0.3, -0.25) is 4.79 Å². The van der Waals surface area contributed by atoms with Crippen LogP contribution < -0.4 is 0 Å². The second-order valence-corrected chi connectivity index (χ2v) is 3.30. The third kappa shape index (κ3) is 15.8. The highest BCUT2D eigenvalue weighted by atomic mass is 16.5. The Labute approximate surface area is 97.7 Å². The smallest absolute Gasteiger partial charge is 0.302 e. The van der Waals surface area contributed by atoms with Crippen molar-refractivity contribution >= 4 is 5.97 Å². The van der Waals surface area contributed by atoms with Crippen LogP contribution >= 0.6 is 0 Å². The highest BCUT2D eigenvalue weighted by Crippen LogP contribution is 1.93. The minimum Gasteiger partial charge on any atom is -0.466 e. The Morgan fingerprint density at radius 3 is 2.12 bits per heavy atom. The van der Waals surface area contributed by atoms with Gasteiger partial charge in [-0.1, -0.05) is 0 Å². The summed E-state index contributed by atoms with van der Waals surface area (Å²) in [5.41, 5.74) is 0. The van der Waals surface area contributed by atoms with Crippen LogP contribution in [0.1, 0.15) is 27.7 Å². The molecule has 0 aliphatic rings. The molecule has 16 heavy (non-hydrogen) atoms. The number of ether oxygens (including phenoxy) is 3. The van der Waals surface area contributed by atoms with Crippen LogP contribution in [-0.2, 0) is 19.0 Å². The molecule has 2 unspecified atom stereocenters. The largest absolute Gasteiger partial charge is 0.466 e. The van der Waals surface area contributed by atoms with Gasteiger partial charge in [-0.2, -0.15) is 0 Å². The van der Waals surface area contributed by atoms with Crippen molar-refractivity contribution in [2.45, 2.75) is 39.9 Å². The van der Waals surface area contributed by atoms with Crippen LogP contribution in [0.25, 0.3) is 0 Å². The van der Waals surface area contributed by atoms with Gasteiger partial charge < -0.3 is 19.3 Å². The van der Waals surface area contributed by atoms with Gasteiger partial charge in [-0.15, -0.1) is 0 Å². The lowest BCUT2D eigenvalue weighted by molar-refractivity contribution is -0.140. The number of carbonyl (C=O) groups is 1. The molecule has 0 aliphatic heterocycles. The Kier molecular flexibility index (Phi) is 13.8. The number of rotatable bonds is 6. The molecule has 0 spiro atoms. The SMILES string of the molecule is CCOC(C)=O.COC(C)COC(C)CO. The Balaban J connectivity index is 0. The minimum absolute atomic E-state index is 0.0659. The van der Waals surface area contributed by atoms with Gasteiger partial charge in [0.2, 0.25) is 0 Å². The highest BCUT2D eigenvalue weighted by molar-refractivity contribution is 5.65. The fourth-order valence-corrected chi connectivity index (χ4v) is 0.624. The molecule has 0 rings (SSSR count). The predicted octanol–water partition coefficient (Wildman–Crippen LogP) is 0.988. The van der Waals surface area contributed by atoms with Crippen molar-refractivity contribution in [3.05, 3.63) is 0 Å². The molecule has 1 N–H and O–H groups in total. The van der Waals surface area contributed by atoms with E-state index in [0.717, 1.165) is 0 Å². The third-order valence-corrected chi connectivity index (χ3v) is 1.62. The molecule has 2 atom stereocenters. The van der Waals surface area contributed by atoms with Crippen molar-refractivity contribution in [3.8, 4) is 0 Å². The van der Waals surface area contributed by atoms with Crippen molar-refractivity contribution in [2.75, 3.05) is 26.9 Å². The van der Waals surface area contributed by atoms with E-state index in [-0.39, 0.29) is 24.8 Å². The molecule has 5 heteroatoms. The average molecular weight is 236 g/mol. The van der Waals surface area contributed by atoms with Gasteiger partial charge >= 0.3 is 5.97 Å². The van der Waals surface area contributed by atoms with E-state index in [2.05, 4.69) is 4.74 Å². The number of hydrogen-bond acceptors (Lipinski definition) is 5. The van der Waals surface area contributed by atoms with Crippen LogP contribution in [0.3, 0.4) is 0 Å². The zero-order valence-electron chi connectivity index (χ0n) is 10.9. The maximum atomic E-state index is 9.82. The van der Waals surface area contributed by atoms with Crippen LogP contribution in [0, 0.1) is 0 Å². The maximum absolute atomic E-state index is 9.82. The van der Waals surface area contributed by atoms with E-state index < -0.39 is 0 Å². The molecule has 0 aromatic rings. The number of aliphatic hydroxyl groups excluding tert-OH is 1. The molecule has 0 aliphatic carbocycles. The molecule has 0 radical (unpaired) electrons. The predicted molar refractivity (Wildman–Crippen MR) is 61.3 cm³/mol. The van der Waals surface area contributed by atoms with E-state index in [1.165, 1.54) is 6.92 Å². The lowest BCUT2D eigenvalue weighted by Crippen LogP contribution is -2.21. The summed E-state index contributed by atoms with van der Waals surface area (Å²) in [5, 5.41) is 8.55. The summed E-state index contributed by atoms with van der Waals surface area (Å²) in [5.74, 6) is -0.211.